The van der Waals surface area contributed by atoms with Gasteiger partial charge in [-0.2, -0.15) is 0 Å². The van der Waals surface area contributed by atoms with Gasteiger partial charge >= 0.3 is 5.97 Å². The molecule has 1 fully saturated rings. The summed E-state index contributed by atoms with van der Waals surface area (Å²) >= 11 is 0. The minimum atomic E-state index is -0.762. The summed E-state index contributed by atoms with van der Waals surface area (Å²) < 4.78 is 11.4. The largest absolute Gasteiger partial charge is 0.465 e. The SMILES string of the molecule is COC(=O)C1=C(N2CCCC2)OC2=C(C(=O)c3ccccc32)C1c1ccc([N+](=O)[O-])cc1. The average molecular weight is 432 g/mol. The zero-order chi connectivity index (χ0) is 22.4. The molecule has 0 bridgehead atoms. The number of hydrogen-bond donors (Lipinski definition) is 0. The van der Waals surface area contributed by atoms with Crippen LogP contribution in [0, 0.1) is 10.1 Å². The van der Waals surface area contributed by atoms with Crippen molar-refractivity contribution in [2.75, 3.05) is 20.2 Å². The van der Waals surface area contributed by atoms with E-state index in [1.807, 2.05) is 17.0 Å². The number of fused-ring (bicyclic) bond motifs is 2. The van der Waals surface area contributed by atoms with Gasteiger partial charge in [0.15, 0.2) is 5.78 Å². The third-order valence-electron chi connectivity index (χ3n) is 6.15. The van der Waals surface area contributed by atoms with Crippen molar-refractivity contribution in [3.63, 3.8) is 0 Å². The van der Waals surface area contributed by atoms with Crippen LogP contribution in [0.5, 0.6) is 0 Å². The van der Waals surface area contributed by atoms with Crippen LogP contribution in [0.2, 0.25) is 0 Å². The number of ketones is 1. The maximum Gasteiger partial charge on any atom is 0.340 e. The molecule has 0 aromatic heterocycles. The summed E-state index contributed by atoms with van der Waals surface area (Å²) in [5.74, 6) is -0.752. The number of Topliss-reactive ketones (excluding diaryl/α,β-unsaturated/α-hetero) is 1. The lowest BCUT2D eigenvalue weighted by atomic mass is 9.81. The summed E-state index contributed by atoms with van der Waals surface area (Å²) in [5.41, 5.74) is 2.30. The van der Waals surface area contributed by atoms with Gasteiger partial charge in [-0.25, -0.2) is 4.79 Å². The molecule has 0 saturated carbocycles. The zero-order valence-electron chi connectivity index (χ0n) is 17.4. The van der Waals surface area contributed by atoms with Crippen molar-refractivity contribution in [1.82, 2.24) is 4.90 Å². The number of hydrogen-bond acceptors (Lipinski definition) is 7. The fraction of sp³-hybridized carbons (Fsp3) is 0.250. The topological polar surface area (TPSA) is 99.0 Å². The molecule has 0 amide bonds. The van der Waals surface area contributed by atoms with E-state index in [0.717, 1.165) is 25.9 Å². The number of nitro benzene ring substituents is 1. The lowest BCUT2D eigenvalue weighted by Gasteiger charge is -2.33. The van der Waals surface area contributed by atoms with E-state index in [2.05, 4.69) is 0 Å². The van der Waals surface area contributed by atoms with Gasteiger partial charge in [0.1, 0.15) is 11.3 Å². The highest BCUT2D eigenvalue weighted by atomic mass is 16.6. The first-order chi connectivity index (χ1) is 15.5. The number of methoxy groups -OCH3 is 1. The summed E-state index contributed by atoms with van der Waals surface area (Å²) in [4.78, 5) is 39.1. The Balaban J connectivity index is 1.74. The number of carbonyl (C=O) groups is 2. The molecular weight excluding hydrogens is 412 g/mol. The zero-order valence-corrected chi connectivity index (χ0v) is 17.4. The first kappa shape index (κ1) is 20.0. The van der Waals surface area contributed by atoms with E-state index in [1.54, 1.807) is 24.3 Å². The maximum atomic E-state index is 13.4. The molecule has 1 aliphatic carbocycles. The third kappa shape index (κ3) is 2.98. The summed E-state index contributed by atoms with van der Waals surface area (Å²) in [6.07, 6.45) is 1.93. The van der Waals surface area contributed by atoms with Crippen LogP contribution in [0.3, 0.4) is 0 Å². The van der Waals surface area contributed by atoms with Crippen LogP contribution >= 0.6 is 0 Å². The molecule has 2 aromatic carbocycles. The standard InChI is InChI=1S/C24H20N2O6/c1-31-24(28)20-18(14-8-10-15(11-9-14)26(29)30)19-21(27)16-6-2-3-7-17(16)22(19)32-23(20)25-12-4-5-13-25/h2-3,6-11,18H,4-5,12-13H2,1H3. The van der Waals surface area contributed by atoms with Crippen molar-refractivity contribution in [2.24, 2.45) is 0 Å². The van der Waals surface area contributed by atoms with Crippen LogP contribution < -0.4 is 0 Å². The van der Waals surface area contributed by atoms with Crippen LogP contribution in [0.4, 0.5) is 5.69 Å². The van der Waals surface area contributed by atoms with Gasteiger partial charge in [0.2, 0.25) is 5.88 Å². The molecule has 32 heavy (non-hydrogen) atoms. The molecule has 2 aromatic rings. The highest BCUT2D eigenvalue weighted by Gasteiger charge is 2.46. The first-order valence-electron chi connectivity index (χ1n) is 10.4. The first-order valence-corrected chi connectivity index (χ1v) is 10.4. The minimum Gasteiger partial charge on any atom is -0.465 e. The Kier molecular flexibility index (Phi) is 4.77. The van der Waals surface area contributed by atoms with Gasteiger partial charge in [0, 0.05) is 36.3 Å². The molecule has 2 aliphatic heterocycles. The van der Waals surface area contributed by atoms with Crippen molar-refractivity contribution < 1.29 is 24.0 Å². The van der Waals surface area contributed by atoms with Crippen molar-refractivity contribution in [3.05, 3.63) is 92.4 Å². The van der Waals surface area contributed by atoms with Crippen molar-refractivity contribution in [2.45, 2.75) is 18.8 Å². The third-order valence-corrected chi connectivity index (χ3v) is 6.15. The molecule has 1 unspecified atom stereocenters. The molecule has 1 atom stereocenters. The van der Waals surface area contributed by atoms with Crippen LogP contribution in [0.25, 0.3) is 5.76 Å². The number of rotatable bonds is 4. The van der Waals surface area contributed by atoms with Gasteiger partial charge in [-0.15, -0.1) is 0 Å². The van der Waals surface area contributed by atoms with E-state index < -0.39 is 16.8 Å². The average Bonchev–Trinajstić information content (AvgIpc) is 3.45. The fourth-order valence-corrected chi connectivity index (χ4v) is 4.66. The summed E-state index contributed by atoms with van der Waals surface area (Å²) in [7, 11) is 1.29. The Labute approximate surface area is 183 Å². The lowest BCUT2D eigenvalue weighted by Crippen LogP contribution is -2.31. The number of esters is 1. The molecule has 5 rings (SSSR count). The number of nitro groups is 1. The van der Waals surface area contributed by atoms with Crippen molar-refractivity contribution in [3.8, 4) is 0 Å². The second-order valence-electron chi connectivity index (χ2n) is 7.91. The van der Waals surface area contributed by atoms with Gasteiger partial charge in [0.25, 0.3) is 5.69 Å². The van der Waals surface area contributed by atoms with E-state index in [0.29, 0.717) is 33.9 Å². The van der Waals surface area contributed by atoms with E-state index >= 15 is 0 Å². The van der Waals surface area contributed by atoms with Crippen LogP contribution in [0.15, 0.2) is 65.6 Å². The quantitative estimate of drug-likeness (QED) is 0.412. The number of nitrogens with zero attached hydrogens (tertiary/aromatic N) is 2. The Morgan fingerprint density at radius 1 is 1.09 bits per heavy atom. The van der Waals surface area contributed by atoms with Gasteiger partial charge < -0.3 is 14.4 Å². The smallest absolute Gasteiger partial charge is 0.340 e. The van der Waals surface area contributed by atoms with Crippen molar-refractivity contribution in [1.29, 1.82) is 0 Å². The number of carbonyl (C=O) groups excluding carboxylic acids is 2. The Morgan fingerprint density at radius 3 is 2.38 bits per heavy atom. The molecule has 8 heteroatoms. The monoisotopic (exact) mass is 432 g/mol. The number of allylic oxidation sites excluding steroid dienone is 1. The number of ether oxygens (including phenoxy) is 2. The van der Waals surface area contributed by atoms with E-state index in [4.69, 9.17) is 9.47 Å². The van der Waals surface area contributed by atoms with E-state index in [1.165, 1.54) is 19.2 Å². The highest BCUT2D eigenvalue weighted by molar-refractivity contribution is 6.22. The number of non-ortho nitro benzene ring substituents is 1. The second kappa shape index (κ2) is 7.64. The maximum absolute atomic E-state index is 13.4. The summed E-state index contributed by atoms with van der Waals surface area (Å²) in [6.45, 7) is 1.45. The molecular formula is C24H20N2O6. The predicted molar refractivity (Wildman–Crippen MR) is 114 cm³/mol. The Bertz CT molecular complexity index is 1210. The van der Waals surface area contributed by atoms with E-state index in [-0.39, 0.29) is 17.0 Å². The van der Waals surface area contributed by atoms with Gasteiger partial charge in [0.05, 0.1) is 23.5 Å². The molecule has 162 valence electrons. The van der Waals surface area contributed by atoms with Gasteiger partial charge in [-0.1, -0.05) is 36.4 Å². The van der Waals surface area contributed by atoms with Gasteiger partial charge in [-0.05, 0) is 18.4 Å². The van der Waals surface area contributed by atoms with Crippen LogP contribution in [-0.4, -0.2) is 41.8 Å². The number of likely N-dealkylation sites (tertiary alicyclic amines) is 1. The van der Waals surface area contributed by atoms with Crippen molar-refractivity contribution >= 4 is 23.2 Å². The summed E-state index contributed by atoms with van der Waals surface area (Å²) in [5, 5.41) is 11.1. The minimum absolute atomic E-state index is 0.0700. The van der Waals surface area contributed by atoms with Crippen LogP contribution in [-0.2, 0) is 14.3 Å². The Hall–Kier alpha value is -3.94. The number of benzene rings is 2. The molecule has 8 nitrogen and oxygen atoms in total. The molecule has 2 heterocycles. The fourth-order valence-electron chi connectivity index (χ4n) is 4.66. The second-order valence-corrected chi connectivity index (χ2v) is 7.91. The van der Waals surface area contributed by atoms with Crippen LogP contribution in [0.1, 0.15) is 40.2 Å². The van der Waals surface area contributed by atoms with Gasteiger partial charge in [-0.3, -0.25) is 14.9 Å². The predicted octanol–water partition coefficient (Wildman–Crippen LogP) is 3.80. The highest BCUT2D eigenvalue weighted by Crippen LogP contribution is 2.50. The lowest BCUT2D eigenvalue weighted by molar-refractivity contribution is -0.384. The molecule has 0 N–H and O–H groups in total. The summed E-state index contributed by atoms with van der Waals surface area (Å²) in [6, 6.07) is 13.1. The normalized spacial score (nSPS) is 19.6. The molecule has 1 saturated heterocycles. The van der Waals surface area contributed by atoms with E-state index in [9.17, 15) is 19.7 Å². The Morgan fingerprint density at radius 2 is 1.75 bits per heavy atom. The molecule has 0 radical (unpaired) electrons. The molecule has 0 spiro atoms. The molecule has 3 aliphatic rings.